The lowest BCUT2D eigenvalue weighted by Crippen LogP contribution is -2.02. The fourth-order valence-electron chi connectivity index (χ4n) is 2.29. The highest BCUT2D eigenvalue weighted by Gasteiger charge is 2.10. The number of pyridine rings is 1. The molecular weight excluding hydrogens is 236 g/mol. The summed E-state index contributed by atoms with van der Waals surface area (Å²) in [5.74, 6) is 0. The first-order valence-corrected chi connectivity index (χ1v) is 6.26. The minimum absolute atomic E-state index is 0.623. The Morgan fingerprint density at radius 1 is 1.26 bits per heavy atom. The molecule has 94 valence electrons. The molecule has 1 aromatic carbocycles. The topological polar surface area (TPSA) is 60.7 Å². The van der Waals surface area contributed by atoms with Crippen LogP contribution in [0.5, 0.6) is 0 Å². The Kier molecular flexibility index (Phi) is 3.13. The first kappa shape index (κ1) is 11.7. The molecule has 2 N–H and O–H groups in total. The van der Waals surface area contributed by atoms with Gasteiger partial charge in [0.1, 0.15) is 6.07 Å². The maximum Gasteiger partial charge on any atom is 0.101 e. The van der Waals surface area contributed by atoms with E-state index in [1.165, 1.54) is 16.7 Å². The molecule has 0 spiro atoms. The van der Waals surface area contributed by atoms with Crippen LogP contribution in [0.4, 0.5) is 5.69 Å². The number of nitrogens with zero attached hydrogens (tertiary/aromatic N) is 2. The zero-order valence-electron chi connectivity index (χ0n) is 10.5. The summed E-state index contributed by atoms with van der Waals surface area (Å²) in [5, 5.41) is 15.6. The summed E-state index contributed by atoms with van der Waals surface area (Å²) in [5.41, 5.74) is 5.37. The molecule has 0 aliphatic carbocycles. The second-order valence-corrected chi connectivity index (χ2v) is 4.59. The van der Waals surface area contributed by atoms with Gasteiger partial charge in [-0.05, 0) is 22.8 Å². The molecule has 4 heteroatoms. The Hall–Kier alpha value is -2.38. The van der Waals surface area contributed by atoms with Crippen molar-refractivity contribution >= 4 is 5.69 Å². The second kappa shape index (κ2) is 5.09. The van der Waals surface area contributed by atoms with Crippen molar-refractivity contribution < 1.29 is 0 Å². The minimum Gasteiger partial charge on any atom is -0.379 e. The van der Waals surface area contributed by atoms with Crippen LogP contribution >= 0.6 is 0 Å². The second-order valence-electron chi connectivity index (χ2n) is 4.59. The van der Waals surface area contributed by atoms with Crippen LogP contribution in [-0.4, -0.2) is 4.98 Å². The number of nitriles is 1. The Bertz CT molecular complexity index is 643. The monoisotopic (exact) mass is 250 g/mol. The SMILES string of the molecule is N#Cc1ccncc1NCc1ccc2c(c1)CNC2. The molecule has 4 nitrogen and oxygen atoms in total. The Morgan fingerprint density at radius 3 is 3.05 bits per heavy atom. The molecule has 1 aliphatic heterocycles. The lowest BCUT2D eigenvalue weighted by molar-refractivity contribution is 0.764. The number of hydrogen-bond acceptors (Lipinski definition) is 4. The molecule has 0 saturated carbocycles. The van der Waals surface area contributed by atoms with Crippen molar-refractivity contribution in [2.24, 2.45) is 0 Å². The van der Waals surface area contributed by atoms with E-state index in [2.05, 4.69) is 39.9 Å². The Balaban J connectivity index is 1.74. The first-order chi connectivity index (χ1) is 9.36. The van der Waals surface area contributed by atoms with Crippen molar-refractivity contribution in [3.05, 3.63) is 58.9 Å². The van der Waals surface area contributed by atoms with E-state index in [0.717, 1.165) is 18.8 Å². The number of aromatic nitrogens is 1. The van der Waals surface area contributed by atoms with E-state index in [-0.39, 0.29) is 0 Å². The van der Waals surface area contributed by atoms with Crippen molar-refractivity contribution in [1.29, 1.82) is 5.26 Å². The van der Waals surface area contributed by atoms with Crippen LogP contribution in [0.2, 0.25) is 0 Å². The average molecular weight is 250 g/mol. The van der Waals surface area contributed by atoms with Gasteiger partial charge in [0.25, 0.3) is 0 Å². The molecule has 1 aromatic heterocycles. The van der Waals surface area contributed by atoms with Gasteiger partial charge < -0.3 is 10.6 Å². The molecule has 19 heavy (non-hydrogen) atoms. The molecule has 0 bridgehead atoms. The van der Waals surface area contributed by atoms with Gasteiger partial charge in [-0.15, -0.1) is 0 Å². The molecular formula is C15H14N4. The molecule has 3 rings (SSSR count). The highest BCUT2D eigenvalue weighted by molar-refractivity contribution is 5.55. The van der Waals surface area contributed by atoms with Gasteiger partial charge in [-0.25, -0.2) is 0 Å². The average Bonchev–Trinajstić information content (AvgIpc) is 2.93. The van der Waals surface area contributed by atoms with Crippen molar-refractivity contribution in [3.63, 3.8) is 0 Å². The molecule has 0 radical (unpaired) electrons. The van der Waals surface area contributed by atoms with Crippen LogP contribution in [0.25, 0.3) is 0 Å². The van der Waals surface area contributed by atoms with Crippen molar-refractivity contribution in [3.8, 4) is 6.07 Å². The fourth-order valence-corrected chi connectivity index (χ4v) is 2.29. The number of benzene rings is 1. The lowest BCUT2D eigenvalue weighted by atomic mass is 10.1. The van der Waals surface area contributed by atoms with Gasteiger partial charge in [0, 0.05) is 25.8 Å². The summed E-state index contributed by atoms with van der Waals surface area (Å²) >= 11 is 0. The molecule has 0 fully saturated rings. The van der Waals surface area contributed by atoms with E-state index in [1.807, 2.05) is 0 Å². The normalized spacial score (nSPS) is 12.8. The molecule has 0 atom stereocenters. The van der Waals surface area contributed by atoms with Crippen molar-refractivity contribution in [2.75, 3.05) is 5.32 Å². The number of fused-ring (bicyclic) bond motifs is 1. The Labute approximate surface area is 112 Å². The molecule has 0 saturated heterocycles. The van der Waals surface area contributed by atoms with Gasteiger partial charge in [0.15, 0.2) is 0 Å². The highest BCUT2D eigenvalue weighted by Crippen LogP contribution is 2.18. The third-order valence-corrected chi connectivity index (χ3v) is 3.33. The quantitative estimate of drug-likeness (QED) is 0.876. The van der Waals surface area contributed by atoms with Gasteiger partial charge >= 0.3 is 0 Å². The first-order valence-electron chi connectivity index (χ1n) is 6.26. The van der Waals surface area contributed by atoms with E-state index in [4.69, 9.17) is 5.26 Å². The van der Waals surface area contributed by atoms with Gasteiger partial charge in [-0.3, -0.25) is 4.98 Å². The summed E-state index contributed by atoms with van der Waals surface area (Å²) < 4.78 is 0. The summed E-state index contributed by atoms with van der Waals surface area (Å²) in [6, 6.07) is 10.4. The van der Waals surface area contributed by atoms with Crippen LogP contribution in [0.1, 0.15) is 22.3 Å². The van der Waals surface area contributed by atoms with Gasteiger partial charge in [0.05, 0.1) is 17.4 Å². The standard InChI is InChI=1S/C15H14N4/c16-6-12-3-4-17-10-15(12)19-7-11-1-2-13-8-18-9-14(13)5-11/h1-5,10,18-19H,7-9H2. The minimum atomic E-state index is 0.623. The molecule has 0 amide bonds. The number of rotatable bonds is 3. The molecule has 2 aromatic rings. The molecule has 0 unspecified atom stereocenters. The molecule has 1 aliphatic rings. The zero-order chi connectivity index (χ0) is 13.1. The maximum atomic E-state index is 9.02. The number of hydrogen-bond donors (Lipinski definition) is 2. The zero-order valence-corrected chi connectivity index (χ0v) is 10.5. The lowest BCUT2D eigenvalue weighted by Gasteiger charge is -2.08. The summed E-state index contributed by atoms with van der Waals surface area (Å²) in [4.78, 5) is 4.04. The third-order valence-electron chi connectivity index (χ3n) is 3.33. The molecule has 2 heterocycles. The van der Waals surface area contributed by atoms with Crippen LogP contribution in [0, 0.1) is 11.3 Å². The van der Waals surface area contributed by atoms with E-state index in [9.17, 15) is 0 Å². The van der Waals surface area contributed by atoms with Crippen LogP contribution in [0.3, 0.4) is 0 Å². The van der Waals surface area contributed by atoms with E-state index >= 15 is 0 Å². The summed E-state index contributed by atoms with van der Waals surface area (Å²) in [6.45, 7) is 2.61. The van der Waals surface area contributed by atoms with Crippen molar-refractivity contribution in [1.82, 2.24) is 10.3 Å². The summed E-state index contributed by atoms with van der Waals surface area (Å²) in [6.07, 6.45) is 3.32. The summed E-state index contributed by atoms with van der Waals surface area (Å²) in [7, 11) is 0. The third kappa shape index (κ3) is 2.42. The van der Waals surface area contributed by atoms with Crippen LogP contribution in [-0.2, 0) is 19.6 Å². The van der Waals surface area contributed by atoms with Crippen LogP contribution < -0.4 is 10.6 Å². The van der Waals surface area contributed by atoms with E-state index in [0.29, 0.717) is 12.1 Å². The van der Waals surface area contributed by atoms with Crippen molar-refractivity contribution in [2.45, 2.75) is 19.6 Å². The van der Waals surface area contributed by atoms with Gasteiger partial charge in [-0.2, -0.15) is 5.26 Å². The predicted molar refractivity (Wildman–Crippen MR) is 73.3 cm³/mol. The van der Waals surface area contributed by atoms with E-state index < -0.39 is 0 Å². The number of nitrogens with one attached hydrogen (secondary N) is 2. The largest absolute Gasteiger partial charge is 0.379 e. The van der Waals surface area contributed by atoms with Gasteiger partial charge in [0.2, 0.25) is 0 Å². The number of anilines is 1. The fraction of sp³-hybridized carbons (Fsp3) is 0.200. The predicted octanol–water partition coefficient (Wildman–Crippen LogP) is 2.17. The maximum absolute atomic E-state index is 9.02. The highest BCUT2D eigenvalue weighted by atomic mass is 14.9. The van der Waals surface area contributed by atoms with Gasteiger partial charge in [-0.1, -0.05) is 18.2 Å². The van der Waals surface area contributed by atoms with E-state index in [1.54, 1.807) is 18.5 Å². The smallest absolute Gasteiger partial charge is 0.101 e. The Morgan fingerprint density at radius 2 is 2.16 bits per heavy atom. The van der Waals surface area contributed by atoms with Crippen LogP contribution in [0.15, 0.2) is 36.7 Å².